The summed E-state index contributed by atoms with van der Waals surface area (Å²) in [7, 11) is 1.78. The van der Waals surface area contributed by atoms with Crippen molar-refractivity contribution in [3.05, 3.63) is 77.5 Å². The van der Waals surface area contributed by atoms with Crippen LogP contribution in [0.4, 0.5) is 11.5 Å². The minimum Gasteiger partial charge on any atom is -0.383 e. The van der Waals surface area contributed by atoms with Gasteiger partial charge >= 0.3 is 0 Å². The molecule has 154 valence electrons. The number of hydrogen-bond donors (Lipinski definition) is 1. The number of amides is 1. The molecule has 0 aliphatic rings. The fraction of sp³-hybridized carbons (Fsp3) is 0.240. The van der Waals surface area contributed by atoms with Gasteiger partial charge in [0.2, 0.25) is 5.91 Å². The van der Waals surface area contributed by atoms with E-state index in [1.165, 1.54) is 0 Å². The zero-order chi connectivity index (χ0) is 21.7. The average Bonchev–Trinajstić information content (AvgIpc) is 2.77. The topological polar surface area (TPSA) is 76.3 Å². The first-order valence-electron chi connectivity index (χ1n) is 10.1. The highest BCUT2D eigenvalue weighted by atomic mass is 16.2. The van der Waals surface area contributed by atoms with Crippen LogP contribution in [-0.2, 0) is 11.2 Å². The van der Waals surface area contributed by atoms with Gasteiger partial charge in [0.15, 0.2) is 5.78 Å². The van der Waals surface area contributed by atoms with E-state index >= 15 is 0 Å². The van der Waals surface area contributed by atoms with Gasteiger partial charge < -0.3 is 10.6 Å². The summed E-state index contributed by atoms with van der Waals surface area (Å²) in [6, 6.07) is 17.4. The van der Waals surface area contributed by atoms with E-state index in [2.05, 4.69) is 4.98 Å². The van der Waals surface area contributed by atoms with Gasteiger partial charge in [-0.25, -0.2) is 4.98 Å². The van der Waals surface area contributed by atoms with E-state index in [0.717, 1.165) is 27.9 Å². The molecule has 0 saturated carbocycles. The molecule has 1 amide bonds. The molecule has 0 atom stereocenters. The summed E-state index contributed by atoms with van der Waals surface area (Å²) >= 11 is 0. The minimum absolute atomic E-state index is 0.0786. The molecule has 0 aliphatic heterocycles. The molecule has 0 radical (unpaired) electrons. The highest BCUT2D eigenvalue weighted by Crippen LogP contribution is 2.27. The van der Waals surface area contributed by atoms with Crippen LogP contribution < -0.4 is 10.6 Å². The molecule has 0 fully saturated rings. The Hall–Kier alpha value is -3.47. The Morgan fingerprint density at radius 3 is 2.43 bits per heavy atom. The molecule has 0 bridgehead atoms. The Morgan fingerprint density at radius 1 is 1.07 bits per heavy atom. The van der Waals surface area contributed by atoms with Crippen molar-refractivity contribution in [2.75, 3.05) is 17.7 Å². The minimum atomic E-state index is 0.0786. The van der Waals surface area contributed by atoms with Crippen LogP contribution in [0.1, 0.15) is 41.3 Å². The lowest BCUT2D eigenvalue weighted by Gasteiger charge is -2.17. The van der Waals surface area contributed by atoms with Gasteiger partial charge in [-0.2, -0.15) is 0 Å². The molecular weight excluding hydrogens is 374 g/mol. The molecule has 30 heavy (non-hydrogen) atoms. The molecule has 0 saturated heterocycles. The summed E-state index contributed by atoms with van der Waals surface area (Å²) in [5.74, 6) is 0.643. The third-order valence-electron chi connectivity index (χ3n) is 5.34. The van der Waals surface area contributed by atoms with Crippen LogP contribution in [0, 0.1) is 6.92 Å². The normalized spacial score (nSPS) is 10.6. The third kappa shape index (κ3) is 4.74. The van der Waals surface area contributed by atoms with E-state index in [-0.39, 0.29) is 11.7 Å². The van der Waals surface area contributed by atoms with Crippen LogP contribution in [0.15, 0.2) is 60.8 Å². The van der Waals surface area contributed by atoms with Gasteiger partial charge in [0.05, 0.1) is 0 Å². The molecule has 0 unspecified atom stereocenters. The third-order valence-corrected chi connectivity index (χ3v) is 5.34. The van der Waals surface area contributed by atoms with Crippen LogP contribution >= 0.6 is 0 Å². The number of aromatic nitrogens is 1. The molecule has 3 rings (SSSR count). The number of nitrogens with zero attached hydrogens (tertiary/aromatic N) is 2. The van der Waals surface area contributed by atoms with Crippen LogP contribution in [0.3, 0.4) is 0 Å². The second kappa shape index (κ2) is 9.35. The van der Waals surface area contributed by atoms with Gasteiger partial charge in [-0.05, 0) is 59.9 Å². The van der Waals surface area contributed by atoms with Gasteiger partial charge in [-0.3, -0.25) is 9.59 Å². The Kier molecular flexibility index (Phi) is 6.62. The van der Waals surface area contributed by atoms with Crippen LogP contribution in [0.2, 0.25) is 0 Å². The Labute approximate surface area is 177 Å². The summed E-state index contributed by atoms with van der Waals surface area (Å²) < 4.78 is 0. The number of Topliss-reactive ketones (excluding diaryl/α,β-unsaturated/α-hetero) is 1. The van der Waals surface area contributed by atoms with Crippen molar-refractivity contribution in [3.8, 4) is 11.1 Å². The summed E-state index contributed by atoms with van der Waals surface area (Å²) in [5.41, 5.74) is 11.5. The summed E-state index contributed by atoms with van der Waals surface area (Å²) in [4.78, 5) is 30.2. The first-order valence-corrected chi connectivity index (χ1v) is 10.1. The summed E-state index contributed by atoms with van der Waals surface area (Å²) in [5, 5.41) is 0. The fourth-order valence-corrected chi connectivity index (χ4v) is 3.46. The van der Waals surface area contributed by atoms with E-state index in [1.807, 2.05) is 68.4 Å². The van der Waals surface area contributed by atoms with Gasteiger partial charge in [0.25, 0.3) is 0 Å². The lowest BCUT2D eigenvalue weighted by atomic mass is 9.95. The maximum Gasteiger partial charge on any atom is 0.226 e. The number of nitrogen functional groups attached to an aromatic ring is 1. The first-order chi connectivity index (χ1) is 14.4. The number of hydrogen-bond acceptors (Lipinski definition) is 4. The number of nitrogens with two attached hydrogens (primary N) is 1. The van der Waals surface area contributed by atoms with Crippen molar-refractivity contribution in [2.24, 2.45) is 0 Å². The van der Waals surface area contributed by atoms with Crippen molar-refractivity contribution >= 4 is 23.2 Å². The van der Waals surface area contributed by atoms with Crippen molar-refractivity contribution in [3.63, 3.8) is 0 Å². The van der Waals surface area contributed by atoms with E-state index in [4.69, 9.17) is 5.73 Å². The van der Waals surface area contributed by atoms with E-state index in [0.29, 0.717) is 30.6 Å². The van der Waals surface area contributed by atoms with Crippen molar-refractivity contribution in [2.45, 2.75) is 33.1 Å². The molecular formula is C25H27N3O2. The van der Waals surface area contributed by atoms with Gasteiger partial charge in [-0.1, -0.05) is 37.3 Å². The molecule has 5 heteroatoms. The van der Waals surface area contributed by atoms with Crippen molar-refractivity contribution in [1.82, 2.24) is 4.98 Å². The SMILES string of the molecule is CCC(=O)N(C)c1ccc(-c2ccc(C(=O)CCc3cccnc3N)cc2C)cc1. The Balaban J connectivity index is 1.72. The molecule has 3 aromatic rings. The lowest BCUT2D eigenvalue weighted by Crippen LogP contribution is -2.24. The van der Waals surface area contributed by atoms with E-state index in [9.17, 15) is 9.59 Å². The maximum atomic E-state index is 12.6. The highest BCUT2D eigenvalue weighted by Gasteiger charge is 2.12. The molecule has 2 N–H and O–H groups in total. The standard InChI is InChI=1S/C25H27N3O2/c1-4-24(30)28(3)21-11-7-18(8-12-21)22-13-9-20(16-17(22)2)23(29)14-10-19-6-5-15-27-25(19)26/h5-9,11-13,15-16H,4,10,14H2,1-3H3,(H2,26,27). The number of carbonyl (C=O) groups is 2. The van der Waals surface area contributed by atoms with Crippen molar-refractivity contribution < 1.29 is 9.59 Å². The Bertz CT molecular complexity index is 1060. The van der Waals surface area contributed by atoms with Gasteiger partial charge in [-0.15, -0.1) is 0 Å². The van der Waals surface area contributed by atoms with Crippen LogP contribution in [0.5, 0.6) is 0 Å². The highest BCUT2D eigenvalue weighted by molar-refractivity contribution is 5.97. The predicted molar refractivity (Wildman–Crippen MR) is 122 cm³/mol. The average molecular weight is 402 g/mol. The number of rotatable bonds is 7. The summed E-state index contributed by atoms with van der Waals surface area (Å²) in [6.45, 7) is 3.86. The largest absolute Gasteiger partial charge is 0.383 e. The molecule has 5 nitrogen and oxygen atoms in total. The van der Waals surface area contributed by atoms with Crippen LogP contribution in [-0.4, -0.2) is 23.7 Å². The molecule has 1 heterocycles. The number of aryl methyl sites for hydroxylation is 2. The maximum absolute atomic E-state index is 12.6. The summed E-state index contributed by atoms with van der Waals surface area (Å²) in [6.07, 6.45) is 3.08. The second-order valence-corrected chi connectivity index (χ2v) is 7.35. The number of anilines is 2. The van der Waals surface area contributed by atoms with E-state index in [1.54, 1.807) is 18.1 Å². The quantitative estimate of drug-likeness (QED) is 0.576. The monoisotopic (exact) mass is 401 g/mol. The predicted octanol–water partition coefficient (Wildman–Crippen LogP) is 4.83. The van der Waals surface area contributed by atoms with Gasteiger partial charge in [0.1, 0.15) is 5.82 Å². The number of benzene rings is 2. The number of ketones is 1. The van der Waals surface area contributed by atoms with Crippen molar-refractivity contribution in [1.29, 1.82) is 0 Å². The molecule has 1 aromatic heterocycles. The fourth-order valence-electron chi connectivity index (χ4n) is 3.46. The Morgan fingerprint density at radius 2 is 1.80 bits per heavy atom. The smallest absolute Gasteiger partial charge is 0.226 e. The zero-order valence-electron chi connectivity index (χ0n) is 17.7. The molecule has 0 spiro atoms. The van der Waals surface area contributed by atoms with Gasteiger partial charge in [0, 0.05) is 37.3 Å². The second-order valence-electron chi connectivity index (χ2n) is 7.35. The lowest BCUT2D eigenvalue weighted by molar-refractivity contribution is -0.118. The number of pyridine rings is 1. The number of carbonyl (C=O) groups excluding carboxylic acids is 2. The molecule has 0 aliphatic carbocycles. The zero-order valence-corrected chi connectivity index (χ0v) is 17.7. The van der Waals surface area contributed by atoms with Crippen LogP contribution in [0.25, 0.3) is 11.1 Å². The first kappa shape index (κ1) is 21.2. The van der Waals surface area contributed by atoms with E-state index < -0.39 is 0 Å². The molecule has 2 aromatic carbocycles.